The molecule has 14 heavy (non-hydrogen) atoms. The zero-order valence-corrected chi connectivity index (χ0v) is 9.58. The second kappa shape index (κ2) is 3.69. The van der Waals surface area contributed by atoms with Gasteiger partial charge in [-0.05, 0) is 40.1 Å². The summed E-state index contributed by atoms with van der Waals surface area (Å²) < 4.78 is 14.5. The molecule has 70 valence electrons. The van der Waals surface area contributed by atoms with E-state index >= 15 is 0 Å². The summed E-state index contributed by atoms with van der Waals surface area (Å²) in [5, 5.41) is 2.00. The van der Waals surface area contributed by atoms with E-state index in [0.717, 1.165) is 14.3 Å². The highest BCUT2D eigenvalue weighted by atomic mass is 127. The molecule has 0 nitrogen and oxygen atoms in total. The normalized spacial score (nSPS) is 10.4. The van der Waals surface area contributed by atoms with Crippen molar-refractivity contribution in [1.29, 1.82) is 0 Å². The summed E-state index contributed by atoms with van der Waals surface area (Å²) in [5.41, 5.74) is 0.590. The third kappa shape index (κ3) is 1.43. The highest BCUT2D eigenvalue weighted by molar-refractivity contribution is 14.1. The highest BCUT2D eigenvalue weighted by Crippen LogP contribution is 2.27. The van der Waals surface area contributed by atoms with Crippen LogP contribution >= 0.6 is 22.6 Å². The van der Waals surface area contributed by atoms with Gasteiger partial charge in [-0.1, -0.05) is 30.9 Å². The number of hydrogen-bond acceptors (Lipinski definition) is 0. The first-order chi connectivity index (χ1) is 6.74. The first-order valence-corrected chi connectivity index (χ1v) is 5.31. The molecule has 2 rings (SSSR count). The first-order valence-electron chi connectivity index (χ1n) is 4.23. The highest BCUT2D eigenvalue weighted by Gasteiger charge is 2.06. The second-order valence-corrected chi connectivity index (χ2v) is 4.17. The van der Waals surface area contributed by atoms with Gasteiger partial charge in [-0.2, -0.15) is 0 Å². The Bertz CT molecular complexity index is 503. The van der Waals surface area contributed by atoms with E-state index in [4.69, 9.17) is 0 Å². The van der Waals surface area contributed by atoms with Crippen molar-refractivity contribution >= 4 is 39.4 Å². The van der Waals surface area contributed by atoms with Gasteiger partial charge < -0.3 is 0 Å². The van der Waals surface area contributed by atoms with Crippen molar-refractivity contribution < 1.29 is 4.39 Å². The third-order valence-electron chi connectivity index (χ3n) is 2.19. The molecule has 0 bridgehead atoms. The first kappa shape index (κ1) is 9.65. The van der Waals surface area contributed by atoms with Gasteiger partial charge in [-0.15, -0.1) is 0 Å². The van der Waals surface area contributed by atoms with Gasteiger partial charge in [-0.3, -0.25) is 0 Å². The molecule has 0 spiro atoms. The minimum Gasteiger partial charge on any atom is -0.206 e. The minimum absolute atomic E-state index is 0.211. The van der Waals surface area contributed by atoms with Crippen molar-refractivity contribution in [2.45, 2.75) is 0 Å². The molecule has 2 aromatic carbocycles. The van der Waals surface area contributed by atoms with Crippen LogP contribution in [0.3, 0.4) is 0 Å². The molecular formula is C12H8FI. The average molecular weight is 298 g/mol. The lowest BCUT2D eigenvalue weighted by Gasteiger charge is -2.05. The Morgan fingerprint density at radius 3 is 2.71 bits per heavy atom. The Kier molecular flexibility index (Phi) is 2.54. The summed E-state index contributed by atoms with van der Waals surface area (Å²) in [4.78, 5) is 0. The van der Waals surface area contributed by atoms with Gasteiger partial charge in [0, 0.05) is 14.5 Å². The monoisotopic (exact) mass is 298 g/mol. The predicted molar refractivity (Wildman–Crippen MR) is 66.7 cm³/mol. The molecule has 0 aliphatic rings. The van der Waals surface area contributed by atoms with Crippen molar-refractivity contribution in [1.82, 2.24) is 0 Å². The van der Waals surface area contributed by atoms with Crippen LogP contribution in [0.25, 0.3) is 16.8 Å². The van der Waals surface area contributed by atoms with Crippen molar-refractivity contribution in [2.24, 2.45) is 0 Å². The van der Waals surface area contributed by atoms with Gasteiger partial charge >= 0.3 is 0 Å². The number of fused-ring (bicyclic) bond motifs is 1. The topological polar surface area (TPSA) is 0 Å². The van der Waals surface area contributed by atoms with Crippen molar-refractivity contribution in [3.63, 3.8) is 0 Å². The van der Waals surface area contributed by atoms with Crippen LogP contribution in [-0.4, -0.2) is 0 Å². The maximum absolute atomic E-state index is 13.4. The van der Waals surface area contributed by atoms with E-state index < -0.39 is 0 Å². The number of hydrogen-bond donors (Lipinski definition) is 0. The molecule has 2 aromatic rings. The zero-order valence-electron chi connectivity index (χ0n) is 7.43. The van der Waals surface area contributed by atoms with Crippen molar-refractivity contribution in [3.05, 3.63) is 51.9 Å². The van der Waals surface area contributed by atoms with Crippen LogP contribution in [0.2, 0.25) is 0 Å². The lowest BCUT2D eigenvalue weighted by atomic mass is 10.0. The van der Waals surface area contributed by atoms with Gasteiger partial charge in [0.05, 0.1) is 0 Å². The molecule has 0 heterocycles. The Balaban J connectivity index is 2.98. The van der Waals surface area contributed by atoms with E-state index in [1.165, 1.54) is 6.07 Å². The molecule has 0 aliphatic heterocycles. The van der Waals surface area contributed by atoms with Gasteiger partial charge in [0.2, 0.25) is 0 Å². The molecule has 2 heteroatoms. The number of rotatable bonds is 1. The molecule has 0 atom stereocenters. The molecule has 0 fully saturated rings. The number of benzene rings is 2. The molecule has 0 saturated heterocycles. The Morgan fingerprint density at radius 2 is 2.00 bits per heavy atom. The summed E-state index contributed by atoms with van der Waals surface area (Å²) in [6.07, 6.45) is 1.57. The molecular weight excluding hydrogens is 290 g/mol. The van der Waals surface area contributed by atoms with Crippen LogP contribution in [0.5, 0.6) is 0 Å². The summed E-state index contributed by atoms with van der Waals surface area (Å²) in [6.45, 7) is 3.64. The van der Waals surface area contributed by atoms with Crippen LogP contribution in [0.4, 0.5) is 4.39 Å². The van der Waals surface area contributed by atoms with Crippen LogP contribution in [0.1, 0.15) is 5.56 Å². The molecule has 0 unspecified atom stereocenters. The standard InChI is InChI=1S/C12H8FI/c1-2-9-10(13)7-6-8-4-3-5-11(14)12(8)9/h2-7H,1H2. The second-order valence-electron chi connectivity index (χ2n) is 3.00. The fourth-order valence-corrected chi connectivity index (χ4v) is 2.35. The van der Waals surface area contributed by atoms with Crippen LogP contribution < -0.4 is 0 Å². The van der Waals surface area contributed by atoms with E-state index in [2.05, 4.69) is 29.2 Å². The lowest BCUT2D eigenvalue weighted by Crippen LogP contribution is -1.87. The van der Waals surface area contributed by atoms with E-state index in [0.29, 0.717) is 5.56 Å². The van der Waals surface area contributed by atoms with Crippen LogP contribution in [0, 0.1) is 9.39 Å². The Hall–Kier alpha value is -0.900. The maximum atomic E-state index is 13.4. The van der Waals surface area contributed by atoms with Gasteiger partial charge in [-0.25, -0.2) is 4.39 Å². The summed E-state index contributed by atoms with van der Waals surface area (Å²) in [7, 11) is 0. The predicted octanol–water partition coefficient (Wildman–Crippen LogP) is 4.23. The third-order valence-corrected chi connectivity index (χ3v) is 3.08. The van der Waals surface area contributed by atoms with Gasteiger partial charge in [0.1, 0.15) is 5.82 Å². The van der Waals surface area contributed by atoms with Gasteiger partial charge in [0.15, 0.2) is 0 Å². The molecule has 0 amide bonds. The SMILES string of the molecule is C=Cc1c(F)ccc2cccc(I)c12. The van der Waals surface area contributed by atoms with Gasteiger partial charge in [0.25, 0.3) is 0 Å². The largest absolute Gasteiger partial charge is 0.206 e. The quantitative estimate of drug-likeness (QED) is 0.691. The summed E-state index contributed by atoms with van der Waals surface area (Å²) in [6, 6.07) is 9.18. The van der Waals surface area contributed by atoms with E-state index in [1.807, 2.05) is 18.2 Å². The summed E-state index contributed by atoms with van der Waals surface area (Å²) in [5.74, 6) is -0.211. The molecule has 0 saturated carbocycles. The molecule has 0 aliphatic carbocycles. The van der Waals surface area contributed by atoms with E-state index in [-0.39, 0.29) is 5.82 Å². The van der Waals surface area contributed by atoms with E-state index in [1.54, 1.807) is 12.1 Å². The van der Waals surface area contributed by atoms with E-state index in [9.17, 15) is 4.39 Å². The zero-order chi connectivity index (χ0) is 10.1. The maximum Gasteiger partial charge on any atom is 0.131 e. The number of halogens is 2. The average Bonchev–Trinajstić information content (AvgIpc) is 2.19. The lowest BCUT2D eigenvalue weighted by molar-refractivity contribution is 0.627. The van der Waals surface area contributed by atoms with Crippen LogP contribution in [-0.2, 0) is 0 Å². The fourth-order valence-electron chi connectivity index (χ4n) is 1.54. The smallest absolute Gasteiger partial charge is 0.131 e. The van der Waals surface area contributed by atoms with Crippen LogP contribution in [0.15, 0.2) is 36.9 Å². The van der Waals surface area contributed by atoms with Crippen molar-refractivity contribution in [2.75, 3.05) is 0 Å². The Labute approximate surface area is 95.6 Å². The molecule has 0 N–H and O–H groups in total. The van der Waals surface area contributed by atoms with Crippen molar-refractivity contribution in [3.8, 4) is 0 Å². The molecule has 0 radical (unpaired) electrons. The minimum atomic E-state index is -0.211. The Morgan fingerprint density at radius 1 is 1.21 bits per heavy atom. The summed E-state index contributed by atoms with van der Waals surface area (Å²) >= 11 is 2.21. The molecule has 0 aromatic heterocycles. The fraction of sp³-hybridized carbons (Fsp3) is 0.